The summed E-state index contributed by atoms with van der Waals surface area (Å²) in [7, 11) is 0. The highest BCUT2D eigenvalue weighted by Crippen LogP contribution is 2.23. The van der Waals surface area contributed by atoms with Crippen LogP contribution in [0.2, 0.25) is 0 Å². The molecular formula is C19H31ClN2O. The van der Waals surface area contributed by atoms with E-state index >= 15 is 0 Å². The van der Waals surface area contributed by atoms with Gasteiger partial charge in [0, 0.05) is 18.0 Å². The second kappa shape index (κ2) is 10.7. The van der Waals surface area contributed by atoms with Crippen LogP contribution in [-0.2, 0) is 11.2 Å². The molecule has 3 atom stereocenters. The number of carbonyl (C=O) groups excluding carboxylic acids is 1. The van der Waals surface area contributed by atoms with Gasteiger partial charge in [0.2, 0.25) is 5.91 Å². The minimum absolute atomic E-state index is 0. The van der Waals surface area contributed by atoms with E-state index in [0.29, 0.717) is 0 Å². The van der Waals surface area contributed by atoms with Gasteiger partial charge in [-0.05, 0) is 44.1 Å². The lowest BCUT2D eigenvalue weighted by atomic mass is 9.85. The van der Waals surface area contributed by atoms with Crippen molar-refractivity contribution in [3.8, 4) is 0 Å². The van der Waals surface area contributed by atoms with Crippen molar-refractivity contribution >= 4 is 18.3 Å². The monoisotopic (exact) mass is 338 g/mol. The fourth-order valence-electron chi connectivity index (χ4n) is 3.41. The minimum Gasteiger partial charge on any atom is -0.353 e. The van der Waals surface area contributed by atoms with Gasteiger partial charge in [-0.15, -0.1) is 12.4 Å². The van der Waals surface area contributed by atoms with Crippen LogP contribution in [0.25, 0.3) is 0 Å². The third kappa shape index (κ3) is 6.92. The molecule has 0 heterocycles. The minimum atomic E-state index is 0. The van der Waals surface area contributed by atoms with Crippen molar-refractivity contribution in [2.24, 2.45) is 11.7 Å². The molecule has 3 unspecified atom stereocenters. The number of hydrogen-bond acceptors (Lipinski definition) is 2. The summed E-state index contributed by atoms with van der Waals surface area (Å²) in [6.07, 6.45) is 8.19. The number of rotatable bonds is 7. The van der Waals surface area contributed by atoms with Crippen molar-refractivity contribution in [2.75, 3.05) is 0 Å². The molecule has 3 N–H and O–H groups in total. The topological polar surface area (TPSA) is 55.1 Å². The highest BCUT2D eigenvalue weighted by Gasteiger charge is 2.26. The maximum Gasteiger partial charge on any atom is 0.223 e. The molecule has 1 aliphatic rings. The van der Waals surface area contributed by atoms with E-state index < -0.39 is 0 Å². The van der Waals surface area contributed by atoms with Gasteiger partial charge in [0.25, 0.3) is 0 Å². The normalized spacial score (nSPS) is 22.0. The summed E-state index contributed by atoms with van der Waals surface area (Å²) in [4.78, 5) is 12.5. The van der Waals surface area contributed by atoms with E-state index in [0.717, 1.165) is 51.4 Å². The summed E-state index contributed by atoms with van der Waals surface area (Å²) >= 11 is 0. The molecule has 0 radical (unpaired) electrons. The van der Waals surface area contributed by atoms with E-state index in [9.17, 15) is 4.79 Å². The SMILES string of the molecule is CCCC(CCc1ccccc1)NC(=O)C1CCCC(N)C1.Cl. The second-order valence-corrected chi connectivity index (χ2v) is 6.64. The lowest BCUT2D eigenvalue weighted by molar-refractivity contribution is -0.126. The molecule has 0 saturated heterocycles. The summed E-state index contributed by atoms with van der Waals surface area (Å²) in [5, 5.41) is 3.28. The standard InChI is InChI=1S/C19H30N2O.ClH/c1-2-7-18(13-12-15-8-4-3-5-9-15)21-19(22)16-10-6-11-17(20)14-16;/h3-5,8-9,16-18H,2,6-7,10-14,20H2,1H3,(H,21,22);1H. The molecule has 3 nitrogen and oxygen atoms in total. The van der Waals surface area contributed by atoms with Crippen LogP contribution in [0.4, 0.5) is 0 Å². The molecule has 1 aliphatic carbocycles. The van der Waals surface area contributed by atoms with Gasteiger partial charge in [-0.1, -0.05) is 50.1 Å². The Kier molecular flexibility index (Phi) is 9.27. The van der Waals surface area contributed by atoms with Crippen LogP contribution in [0, 0.1) is 5.92 Å². The number of aryl methyl sites for hydroxylation is 1. The van der Waals surface area contributed by atoms with Crippen LogP contribution in [0.3, 0.4) is 0 Å². The molecule has 0 aliphatic heterocycles. The highest BCUT2D eigenvalue weighted by atomic mass is 35.5. The first-order valence-corrected chi connectivity index (χ1v) is 8.79. The Bertz CT molecular complexity index is 452. The summed E-state index contributed by atoms with van der Waals surface area (Å²) in [6.45, 7) is 2.18. The molecule has 0 aromatic heterocycles. The Morgan fingerprint density at radius 2 is 2.00 bits per heavy atom. The average Bonchev–Trinajstić information content (AvgIpc) is 2.54. The molecular weight excluding hydrogens is 308 g/mol. The molecule has 1 amide bonds. The Labute approximate surface area is 146 Å². The van der Waals surface area contributed by atoms with Crippen molar-refractivity contribution in [3.05, 3.63) is 35.9 Å². The first-order valence-electron chi connectivity index (χ1n) is 8.79. The molecule has 0 bridgehead atoms. The molecule has 1 aromatic rings. The lowest BCUT2D eigenvalue weighted by Crippen LogP contribution is -2.42. The predicted molar refractivity (Wildman–Crippen MR) is 98.8 cm³/mol. The van der Waals surface area contributed by atoms with Gasteiger partial charge < -0.3 is 11.1 Å². The van der Waals surface area contributed by atoms with E-state index in [4.69, 9.17) is 5.73 Å². The summed E-state index contributed by atoms with van der Waals surface area (Å²) in [5.41, 5.74) is 7.35. The number of halogens is 1. The Morgan fingerprint density at radius 1 is 1.26 bits per heavy atom. The van der Waals surface area contributed by atoms with E-state index in [2.05, 4.69) is 36.5 Å². The van der Waals surface area contributed by atoms with Gasteiger partial charge >= 0.3 is 0 Å². The van der Waals surface area contributed by atoms with Gasteiger partial charge in [-0.3, -0.25) is 4.79 Å². The number of carbonyl (C=O) groups is 1. The quantitative estimate of drug-likeness (QED) is 0.793. The average molecular weight is 339 g/mol. The predicted octanol–water partition coefficient (Wildman–Crippen LogP) is 3.84. The number of nitrogens with two attached hydrogens (primary N) is 1. The molecule has 2 rings (SSSR count). The molecule has 1 fully saturated rings. The van der Waals surface area contributed by atoms with E-state index in [1.165, 1.54) is 5.56 Å². The first-order chi connectivity index (χ1) is 10.7. The van der Waals surface area contributed by atoms with Gasteiger partial charge in [0.15, 0.2) is 0 Å². The van der Waals surface area contributed by atoms with Crippen LogP contribution < -0.4 is 11.1 Å². The largest absolute Gasteiger partial charge is 0.353 e. The molecule has 1 saturated carbocycles. The van der Waals surface area contributed by atoms with Crippen LogP contribution >= 0.6 is 12.4 Å². The maximum absolute atomic E-state index is 12.5. The van der Waals surface area contributed by atoms with Crippen LogP contribution in [-0.4, -0.2) is 18.0 Å². The third-order valence-electron chi connectivity index (χ3n) is 4.69. The Hall–Kier alpha value is -1.06. The number of benzene rings is 1. The smallest absolute Gasteiger partial charge is 0.223 e. The third-order valence-corrected chi connectivity index (χ3v) is 4.69. The molecule has 1 aromatic carbocycles. The van der Waals surface area contributed by atoms with Gasteiger partial charge in [0.05, 0.1) is 0 Å². The molecule has 0 spiro atoms. The van der Waals surface area contributed by atoms with Gasteiger partial charge in [0.1, 0.15) is 0 Å². The number of amides is 1. The second-order valence-electron chi connectivity index (χ2n) is 6.64. The van der Waals surface area contributed by atoms with E-state index in [1.54, 1.807) is 0 Å². The molecule has 23 heavy (non-hydrogen) atoms. The summed E-state index contributed by atoms with van der Waals surface area (Å²) in [5.74, 6) is 0.349. The zero-order chi connectivity index (χ0) is 15.8. The lowest BCUT2D eigenvalue weighted by Gasteiger charge is -2.28. The van der Waals surface area contributed by atoms with Crippen molar-refractivity contribution in [3.63, 3.8) is 0 Å². The fraction of sp³-hybridized carbons (Fsp3) is 0.632. The Balaban J connectivity index is 0.00000264. The molecule has 130 valence electrons. The fourth-order valence-corrected chi connectivity index (χ4v) is 3.41. The van der Waals surface area contributed by atoms with Gasteiger partial charge in [-0.2, -0.15) is 0 Å². The first kappa shape index (κ1) is 20.0. The number of nitrogens with one attached hydrogen (secondary N) is 1. The zero-order valence-corrected chi connectivity index (χ0v) is 15.0. The van der Waals surface area contributed by atoms with Crippen LogP contribution in [0.15, 0.2) is 30.3 Å². The maximum atomic E-state index is 12.5. The van der Waals surface area contributed by atoms with Crippen molar-refractivity contribution in [1.29, 1.82) is 0 Å². The number of hydrogen-bond donors (Lipinski definition) is 2. The Morgan fingerprint density at radius 3 is 2.65 bits per heavy atom. The zero-order valence-electron chi connectivity index (χ0n) is 14.2. The van der Waals surface area contributed by atoms with Crippen LogP contribution in [0.1, 0.15) is 57.4 Å². The highest BCUT2D eigenvalue weighted by molar-refractivity contribution is 5.85. The van der Waals surface area contributed by atoms with Crippen molar-refractivity contribution in [1.82, 2.24) is 5.32 Å². The van der Waals surface area contributed by atoms with E-state index in [1.807, 2.05) is 6.07 Å². The summed E-state index contributed by atoms with van der Waals surface area (Å²) in [6, 6.07) is 11.0. The van der Waals surface area contributed by atoms with Crippen molar-refractivity contribution < 1.29 is 4.79 Å². The van der Waals surface area contributed by atoms with Crippen molar-refractivity contribution in [2.45, 2.75) is 70.4 Å². The van der Waals surface area contributed by atoms with Gasteiger partial charge in [-0.25, -0.2) is 0 Å². The molecule has 4 heteroatoms. The van der Waals surface area contributed by atoms with E-state index in [-0.39, 0.29) is 36.3 Å². The van der Waals surface area contributed by atoms with Crippen LogP contribution in [0.5, 0.6) is 0 Å². The summed E-state index contributed by atoms with van der Waals surface area (Å²) < 4.78 is 0.